The Morgan fingerprint density at radius 2 is 2.24 bits per heavy atom. The first-order chi connectivity index (χ1) is 8.00. The Kier molecular flexibility index (Phi) is 4.93. The lowest BCUT2D eigenvalue weighted by Gasteiger charge is -2.26. The van der Waals surface area contributed by atoms with Gasteiger partial charge in [0.15, 0.2) is 5.69 Å². The fraction of sp³-hybridized carbons (Fsp3) is 0.667. The van der Waals surface area contributed by atoms with Crippen LogP contribution in [0.2, 0.25) is 0 Å². The van der Waals surface area contributed by atoms with Crippen LogP contribution in [0.25, 0.3) is 0 Å². The molecule has 96 valence electrons. The maximum absolute atomic E-state index is 11.7. The second kappa shape index (κ2) is 6.00. The lowest BCUT2D eigenvalue weighted by Crippen LogP contribution is -2.30. The highest BCUT2D eigenvalue weighted by atomic mass is 32.1. The Hall–Kier alpha value is -1.10. The van der Waals surface area contributed by atoms with Crippen molar-refractivity contribution in [2.45, 2.75) is 46.1 Å². The Morgan fingerprint density at radius 1 is 1.53 bits per heavy atom. The van der Waals surface area contributed by atoms with Gasteiger partial charge in [0.25, 0.3) is 0 Å². The number of nitrogens with zero attached hydrogens (tertiary/aromatic N) is 1. The molecule has 0 radical (unpaired) electrons. The lowest BCUT2D eigenvalue weighted by molar-refractivity contribution is 0.0521. The summed E-state index contributed by atoms with van der Waals surface area (Å²) in [5.74, 6) is -0.358. The van der Waals surface area contributed by atoms with Crippen molar-refractivity contribution in [3.63, 3.8) is 0 Å². The lowest BCUT2D eigenvalue weighted by atomic mass is 9.99. The van der Waals surface area contributed by atoms with Gasteiger partial charge in [-0.15, -0.1) is 11.3 Å². The van der Waals surface area contributed by atoms with E-state index in [1.165, 1.54) is 11.3 Å². The van der Waals surface area contributed by atoms with Crippen molar-refractivity contribution in [2.75, 3.05) is 11.9 Å². The van der Waals surface area contributed by atoms with Crippen molar-refractivity contribution in [2.24, 2.45) is 0 Å². The minimum atomic E-state index is -0.358. The van der Waals surface area contributed by atoms with Crippen LogP contribution in [0, 0.1) is 0 Å². The number of esters is 1. The maximum Gasteiger partial charge on any atom is 0.360 e. The summed E-state index contributed by atoms with van der Waals surface area (Å²) in [6.07, 6.45) is 2.13. The van der Waals surface area contributed by atoms with Crippen molar-refractivity contribution in [1.82, 2.24) is 4.98 Å². The van der Waals surface area contributed by atoms with Gasteiger partial charge in [0.05, 0.1) is 12.1 Å². The zero-order chi connectivity index (χ0) is 12.9. The molecule has 0 amide bonds. The van der Waals surface area contributed by atoms with E-state index in [2.05, 4.69) is 31.1 Å². The molecule has 0 fully saturated rings. The Balaban J connectivity index is 2.78. The highest BCUT2D eigenvalue weighted by Crippen LogP contribution is 2.26. The van der Waals surface area contributed by atoms with E-state index in [0.717, 1.165) is 17.8 Å². The summed E-state index contributed by atoms with van der Waals surface area (Å²) < 4.78 is 4.97. The highest BCUT2D eigenvalue weighted by molar-refractivity contribution is 7.14. The highest BCUT2D eigenvalue weighted by Gasteiger charge is 2.22. The maximum atomic E-state index is 11.7. The number of hydrogen-bond donors (Lipinski definition) is 1. The molecule has 1 aromatic rings. The molecule has 4 nitrogen and oxygen atoms in total. The molecule has 0 aromatic carbocycles. The average molecular weight is 256 g/mol. The molecule has 0 spiro atoms. The molecule has 0 bridgehead atoms. The first-order valence-electron chi connectivity index (χ1n) is 5.89. The van der Waals surface area contributed by atoms with Crippen LogP contribution in [-0.2, 0) is 4.74 Å². The van der Waals surface area contributed by atoms with Crippen LogP contribution in [0.1, 0.15) is 51.0 Å². The van der Waals surface area contributed by atoms with Gasteiger partial charge in [-0.05, 0) is 27.2 Å². The van der Waals surface area contributed by atoms with Crippen LogP contribution < -0.4 is 5.32 Å². The zero-order valence-corrected chi connectivity index (χ0v) is 11.7. The normalized spacial score (nSPS) is 11.3. The summed E-state index contributed by atoms with van der Waals surface area (Å²) in [6.45, 7) is 8.53. The van der Waals surface area contributed by atoms with Gasteiger partial charge in [-0.1, -0.05) is 13.3 Å². The van der Waals surface area contributed by atoms with Crippen molar-refractivity contribution in [3.8, 4) is 0 Å². The number of carbonyl (C=O) groups is 1. The van der Waals surface area contributed by atoms with Crippen LogP contribution in [0.5, 0.6) is 0 Å². The summed E-state index contributed by atoms with van der Waals surface area (Å²) >= 11 is 1.43. The van der Waals surface area contributed by atoms with Crippen LogP contribution in [0.4, 0.5) is 5.00 Å². The van der Waals surface area contributed by atoms with Gasteiger partial charge < -0.3 is 10.1 Å². The Morgan fingerprint density at radius 3 is 2.82 bits per heavy atom. The second-order valence-corrected chi connectivity index (χ2v) is 5.36. The number of rotatable bonds is 6. The van der Waals surface area contributed by atoms with Crippen molar-refractivity contribution >= 4 is 22.3 Å². The van der Waals surface area contributed by atoms with E-state index in [9.17, 15) is 4.79 Å². The zero-order valence-electron chi connectivity index (χ0n) is 10.9. The number of hydrogen-bond acceptors (Lipinski definition) is 5. The number of anilines is 1. The fourth-order valence-electron chi connectivity index (χ4n) is 1.67. The van der Waals surface area contributed by atoms with Gasteiger partial charge in [-0.2, -0.15) is 0 Å². The fourth-order valence-corrected chi connectivity index (χ4v) is 2.52. The quantitative estimate of drug-likeness (QED) is 0.793. The number of thiazole rings is 1. The number of nitrogens with one attached hydrogen (secondary N) is 1. The van der Waals surface area contributed by atoms with E-state index in [1.807, 2.05) is 0 Å². The molecule has 1 N–H and O–H groups in total. The molecular formula is C12H20N2O2S. The first kappa shape index (κ1) is 14.0. The van der Waals surface area contributed by atoms with Gasteiger partial charge in [-0.25, -0.2) is 9.78 Å². The number of carbonyl (C=O) groups excluding carboxylic acids is 1. The van der Waals surface area contributed by atoms with Gasteiger partial charge >= 0.3 is 5.97 Å². The largest absolute Gasteiger partial charge is 0.461 e. The molecule has 1 aromatic heterocycles. The van der Waals surface area contributed by atoms with Crippen molar-refractivity contribution in [1.29, 1.82) is 0 Å². The van der Waals surface area contributed by atoms with Gasteiger partial charge in [0, 0.05) is 5.54 Å². The molecule has 0 aliphatic rings. The number of ether oxygens (including phenoxy) is 1. The third-order valence-corrected chi connectivity index (χ3v) is 3.11. The molecule has 0 unspecified atom stereocenters. The second-order valence-electron chi connectivity index (χ2n) is 4.51. The van der Waals surface area contributed by atoms with Crippen molar-refractivity contribution in [3.05, 3.63) is 11.2 Å². The standard InChI is InChI=1S/C12H20N2O2S/c1-5-7-12(3,4)14-10-9(13-8-17-10)11(15)16-6-2/h8,14H,5-7H2,1-4H3. The molecule has 1 rings (SSSR count). The molecule has 0 aliphatic heterocycles. The van der Waals surface area contributed by atoms with Crippen molar-refractivity contribution < 1.29 is 9.53 Å². The van der Waals surface area contributed by atoms with Gasteiger partial charge in [0.1, 0.15) is 5.00 Å². The third kappa shape index (κ3) is 4.00. The van der Waals surface area contributed by atoms with E-state index in [-0.39, 0.29) is 11.5 Å². The predicted molar refractivity (Wildman–Crippen MR) is 70.7 cm³/mol. The SMILES string of the molecule is CCCC(C)(C)Nc1scnc1C(=O)OCC. The molecular weight excluding hydrogens is 236 g/mol. The summed E-state index contributed by atoms with van der Waals surface area (Å²) in [6, 6.07) is 0. The van der Waals surface area contributed by atoms with E-state index >= 15 is 0 Å². The van der Waals surface area contributed by atoms with Crippen LogP contribution in [0.3, 0.4) is 0 Å². The minimum Gasteiger partial charge on any atom is -0.461 e. The summed E-state index contributed by atoms with van der Waals surface area (Å²) in [4.78, 5) is 15.7. The topological polar surface area (TPSA) is 51.2 Å². The van der Waals surface area contributed by atoms with Crippen LogP contribution >= 0.6 is 11.3 Å². The molecule has 0 atom stereocenters. The van der Waals surface area contributed by atoms with Crippen LogP contribution in [0.15, 0.2) is 5.51 Å². The smallest absolute Gasteiger partial charge is 0.360 e. The molecule has 0 saturated heterocycles. The molecule has 5 heteroatoms. The third-order valence-electron chi connectivity index (χ3n) is 2.36. The van der Waals surface area contributed by atoms with E-state index in [0.29, 0.717) is 12.3 Å². The van der Waals surface area contributed by atoms with Gasteiger partial charge in [0.2, 0.25) is 0 Å². The Labute approximate surface area is 106 Å². The van der Waals surface area contributed by atoms with Crippen LogP contribution in [-0.4, -0.2) is 23.1 Å². The van der Waals surface area contributed by atoms with E-state index in [1.54, 1.807) is 12.4 Å². The monoisotopic (exact) mass is 256 g/mol. The summed E-state index contributed by atoms with van der Waals surface area (Å²) in [5.41, 5.74) is 2.01. The van der Waals surface area contributed by atoms with E-state index < -0.39 is 0 Å². The Bertz CT molecular complexity index is 374. The summed E-state index contributed by atoms with van der Waals surface area (Å²) in [7, 11) is 0. The molecule has 1 heterocycles. The predicted octanol–water partition coefficient (Wildman–Crippen LogP) is 3.31. The van der Waals surface area contributed by atoms with Gasteiger partial charge in [-0.3, -0.25) is 0 Å². The molecule has 0 aliphatic carbocycles. The average Bonchev–Trinajstić information content (AvgIpc) is 2.65. The molecule has 17 heavy (non-hydrogen) atoms. The van der Waals surface area contributed by atoms with E-state index in [4.69, 9.17) is 4.74 Å². The molecule has 0 saturated carbocycles. The summed E-state index contributed by atoms with van der Waals surface area (Å²) in [5, 5.41) is 4.16. The minimum absolute atomic E-state index is 0.0392. The number of aromatic nitrogens is 1. The first-order valence-corrected chi connectivity index (χ1v) is 6.77.